The van der Waals surface area contributed by atoms with E-state index in [1.807, 2.05) is 25.1 Å². The van der Waals surface area contributed by atoms with Crippen molar-refractivity contribution in [1.82, 2.24) is 0 Å². The van der Waals surface area contributed by atoms with Crippen LogP contribution in [-0.4, -0.2) is 19.1 Å². The molecular formula is C27H33NO3. The summed E-state index contributed by atoms with van der Waals surface area (Å²) < 4.78 is 11.2. The van der Waals surface area contributed by atoms with Crippen LogP contribution in [0.5, 0.6) is 11.5 Å². The molecule has 4 fully saturated rings. The highest BCUT2D eigenvalue weighted by molar-refractivity contribution is 5.94. The molecule has 0 unspecified atom stereocenters. The van der Waals surface area contributed by atoms with E-state index < -0.39 is 6.10 Å². The second kappa shape index (κ2) is 8.22. The highest BCUT2D eigenvalue weighted by atomic mass is 16.5. The van der Waals surface area contributed by atoms with Gasteiger partial charge in [-0.25, -0.2) is 0 Å². The summed E-state index contributed by atoms with van der Waals surface area (Å²) in [5, 5.41) is 3.05. The molecular weight excluding hydrogens is 386 g/mol. The van der Waals surface area contributed by atoms with Gasteiger partial charge in [0.05, 0.1) is 7.11 Å². The molecule has 2 aromatic carbocycles. The van der Waals surface area contributed by atoms with Crippen molar-refractivity contribution in [3.63, 3.8) is 0 Å². The predicted octanol–water partition coefficient (Wildman–Crippen LogP) is 5.96. The van der Waals surface area contributed by atoms with E-state index in [0.717, 1.165) is 23.4 Å². The number of methoxy groups -OCH3 is 1. The molecule has 31 heavy (non-hydrogen) atoms. The molecule has 0 radical (unpaired) electrons. The van der Waals surface area contributed by atoms with Crippen LogP contribution in [0.1, 0.15) is 57.4 Å². The number of hydrogen-bond acceptors (Lipinski definition) is 3. The minimum absolute atomic E-state index is 0.118. The van der Waals surface area contributed by atoms with E-state index in [4.69, 9.17) is 9.47 Å². The number of rotatable bonds is 7. The number of amides is 1. The maximum absolute atomic E-state index is 12.8. The van der Waals surface area contributed by atoms with E-state index in [0.29, 0.717) is 23.3 Å². The lowest BCUT2D eigenvalue weighted by Crippen LogP contribution is -2.48. The van der Waals surface area contributed by atoms with Gasteiger partial charge in [0.15, 0.2) is 6.10 Å². The number of anilines is 1. The topological polar surface area (TPSA) is 47.6 Å². The number of carbonyl (C=O) groups excluding carboxylic acids is 1. The fraction of sp³-hybridized carbons (Fsp3) is 0.519. The fourth-order valence-corrected chi connectivity index (χ4v) is 6.76. The molecule has 4 heteroatoms. The van der Waals surface area contributed by atoms with Crippen molar-refractivity contribution in [2.24, 2.45) is 17.8 Å². The lowest BCUT2D eigenvalue weighted by molar-refractivity contribution is -0.122. The van der Waals surface area contributed by atoms with Gasteiger partial charge in [-0.3, -0.25) is 4.79 Å². The summed E-state index contributed by atoms with van der Waals surface area (Å²) in [7, 11) is 1.62. The maximum atomic E-state index is 12.8. The van der Waals surface area contributed by atoms with Gasteiger partial charge in [0.1, 0.15) is 11.5 Å². The molecule has 0 aliphatic heterocycles. The zero-order valence-electron chi connectivity index (χ0n) is 18.6. The summed E-state index contributed by atoms with van der Waals surface area (Å²) in [5.41, 5.74) is 2.70. The highest BCUT2D eigenvalue weighted by Crippen LogP contribution is 2.60. The lowest BCUT2D eigenvalue weighted by atomic mass is 9.48. The molecule has 0 saturated heterocycles. The Morgan fingerprint density at radius 1 is 1.00 bits per heavy atom. The normalized spacial score (nSPS) is 29.4. The van der Waals surface area contributed by atoms with Crippen LogP contribution >= 0.6 is 0 Å². The number of nitrogens with one attached hydrogen (secondary N) is 1. The van der Waals surface area contributed by atoms with Crippen molar-refractivity contribution in [3.05, 3.63) is 54.1 Å². The second-order valence-corrected chi connectivity index (χ2v) is 9.96. The van der Waals surface area contributed by atoms with Gasteiger partial charge in [-0.1, -0.05) is 25.1 Å². The zero-order chi connectivity index (χ0) is 21.4. The largest absolute Gasteiger partial charge is 0.497 e. The highest BCUT2D eigenvalue weighted by Gasteiger charge is 2.51. The second-order valence-electron chi connectivity index (χ2n) is 9.96. The summed E-state index contributed by atoms with van der Waals surface area (Å²) in [6, 6.07) is 16.0. The Labute approximate surface area is 185 Å². The molecule has 1 atom stereocenters. The zero-order valence-corrected chi connectivity index (χ0v) is 18.6. The van der Waals surface area contributed by atoms with E-state index in [1.54, 1.807) is 13.2 Å². The molecule has 6 rings (SSSR count). The van der Waals surface area contributed by atoms with Crippen LogP contribution in [0.3, 0.4) is 0 Å². The monoisotopic (exact) mass is 419 g/mol. The van der Waals surface area contributed by atoms with Crippen LogP contribution in [0.2, 0.25) is 0 Å². The van der Waals surface area contributed by atoms with Crippen LogP contribution in [-0.2, 0) is 10.2 Å². The van der Waals surface area contributed by atoms with Crippen LogP contribution in [0, 0.1) is 17.8 Å². The van der Waals surface area contributed by atoms with Gasteiger partial charge < -0.3 is 14.8 Å². The maximum Gasteiger partial charge on any atom is 0.265 e. The van der Waals surface area contributed by atoms with Gasteiger partial charge in [-0.2, -0.15) is 0 Å². The third kappa shape index (κ3) is 4.05. The first-order valence-corrected chi connectivity index (χ1v) is 11.8. The van der Waals surface area contributed by atoms with E-state index >= 15 is 0 Å². The van der Waals surface area contributed by atoms with Crippen LogP contribution in [0.25, 0.3) is 0 Å². The van der Waals surface area contributed by atoms with Crippen molar-refractivity contribution in [3.8, 4) is 11.5 Å². The number of carbonyl (C=O) groups is 1. The minimum atomic E-state index is -0.546. The van der Waals surface area contributed by atoms with Crippen LogP contribution in [0.4, 0.5) is 5.69 Å². The van der Waals surface area contributed by atoms with E-state index in [-0.39, 0.29) is 5.91 Å². The van der Waals surface area contributed by atoms with E-state index in [1.165, 1.54) is 44.1 Å². The summed E-state index contributed by atoms with van der Waals surface area (Å²) in [6.45, 7) is 1.96. The molecule has 1 N–H and O–H groups in total. The first-order valence-electron chi connectivity index (χ1n) is 11.8. The predicted molar refractivity (Wildman–Crippen MR) is 123 cm³/mol. The van der Waals surface area contributed by atoms with Gasteiger partial charge in [0.2, 0.25) is 0 Å². The smallest absolute Gasteiger partial charge is 0.265 e. The van der Waals surface area contributed by atoms with E-state index in [9.17, 15) is 4.79 Å². The minimum Gasteiger partial charge on any atom is -0.497 e. The number of hydrogen-bond donors (Lipinski definition) is 1. The third-order valence-corrected chi connectivity index (χ3v) is 7.79. The van der Waals surface area contributed by atoms with Crippen molar-refractivity contribution in [1.29, 1.82) is 0 Å². The van der Waals surface area contributed by atoms with Gasteiger partial charge in [-0.15, -0.1) is 0 Å². The van der Waals surface area contributed by atoms with Crippen molar-refractivity contribution in [2.75, 3.05) is 12.4 Å². The molecule has 164 valence electrons. The Morgan fingerprint density at radius 2 is 1.61 bits per heavy atom. The summed E-state index contributed by atoms with van der Waals surface area (Å²) in [5.74, 6) is 4.04. The van der Waals surface area contributed by atoms with Gasteiger partial charge in [0, 0.05) is 11.8 Å². The lowest BCUT2D eigenvalue weighted by Gasteiger charge is -2.57. The summed E-state index contributed by atoms with van der Waals surface area (Å²) >= 11 is 0. The summed E-state index contributed by atoms with van der Waals surface area (Å²) in [4.78, 5) is 12.8. The molecule has 0 spiro atoms. The SMILES string of the molecule is CC[C@@H](Oc1cccc(OC)c1)C(=O)Nc1ccc(C23CC4CC(CC(C4)C2)C3)cc1. The molecule has 2 aromatic rings. The molecule has 1 amide bonds. The van der Waals surface area contributed by atoms with Gasteiger partial charge >= 0.3 is 0 Å². The molecule has 4 aliphatic rings. The molecule has 0 heterocycles. The summed E-state index contributed by atoms with van der Waals surface area (Å²) in [6.07, 6.45) is 8.49. The Kier molecular flexibility index (Phi) is 5.41. The first-order chi connectivity index (χ1) is 15.1. The molecule has 4 saturated carbocycles. The molecule has 0 aromatic heterocycles. The Morgan fingerprint density at radius 3 is 2.19 bits per heavy atom. The standard InChI is InChI=1S/C27H33NO3/c1-3-25(31-24-6-4-5-23(14-24)30-2)26(29)28-22-9-7-21(8-10-22)27-15-18-11-19(16-27)13-20(12-18)17-27/h4-10,14,18-20,25H,3,11-13,15-17H2,1-2H3,(H,28,29)/t18?,19?,20?,25-,27?/m1/s1. The van der Waals surface area contributed by atoms with Crippen LogP contribution < -0.4 is 14.8 Å². The van der Waals surface area contributed by atoms with Gasteiger partial charge in [0.25, 0.3) is 5.91 Å². The van der Waals surface area contributed by atoms with Gasteiger partial charge in [-0.05, 0) is 97.9 Å². The Balaban J connectivity index is 1.25. The average Bonchev–Trinajstić information content (AvgIpc) is 2.77. The van der Waals surface area contributed by atoms with Crippen molar-refractivity contribution >= 4 is 11.6 Å². The molecule has 4 bridgehead atoms. The van der Waals surface area contributed by atoms with E-state index in [2.05, 4.69) is 29.6 Å². The number of ether oxygens (including phenoxy) is 2. The van der Waals surface area contributed by atoms with Crippen molar-refractivity contribution in [2.45, 2.75) is 63.4 Å². The quantitative estimate of drug-likeness (QED) is 0.602. The molecule has 4 nitrogen and oxygen atoms in total. The third-order valence-electron chi connectivity index (χ3n) is 7.79. The van der Waals surface area contributed by atoms with Crippen molar-refractivity contribution < 1.29 is 14.3 Å². The average molecular weight is 420 g/mol. The number of benzene rings is 2. The van der Waals surface area contributed by atoms with Crippen LogP contribution in [0.15, 0.2) is 48.5 Å². The first kappa shape index (κ1) is 20.4. The Hall–Kier alpha value is -2.49. The fourth-order valence-electron chi connectivity index (χ4n) is 6.76. The molecule has 4 aliphatic carbocycles. The Bertz CT molecular complexity index is 900.